The highest BCUT2D eigenvalue weighted by Crippen LogP contribution is 2.04. The van der Waals surface area contributed by atoms with Gasteiger partial charge in [0.15, 0.2) is 0 Å². The first-order chi connectivity index (χ1) is 7.63. The summed E-state index contributed by atoms with van der Waals surface area (Å²) in [6.45, 7) is 3.26. The van der Waals surface area contributed by atoms with Gasteiger partial charge in [0.05, 0.1) is 12.6 Å². The number of carbonyl (C=O) groups is 2. The second kappa shape index (κ2) is 6.32. The maximum absolute atomic E-state index is 11.7. The molecule has 0 aromatic carbocycles. The minimum atomic E-state index is -0.994. The number of hydrogen-bond donors (Lipinski definition) is 2. The van der Waals surface area contributed by atoms with Crippen molar-refractivity contribution in [1.29, 1.82) is 0 Å². The fourth-order valence-corrected chi connectivity index (χ4v) is 1.60. The van der Waals surface area contributed by atoms with Gasteiger partial charge in [0, 0.05) is 13.2 Å². The van der Waals surface area contributed by atoms with E-state index in [0.29, 0.717) is 19.8 Å². The Morgan fingerprint density at radius 1 is 1.56 bits per heavy atom. The molecule has 0 aromatic heterocycles. The summed E-state index contributed by atoms with van der Waals surface area (Å²) >= 11 is 0. The van der Waals surface area contributed by atoms with Crippen molar-refractivity contribution in [3.05, 3.63) is 0 Å². The quantitative estimate of drug-likeness (QED) is 0.711. The van der Waals surface area contributed by atoms with Crippen LogP contribution in [0.1, 0.15) is 19.8 Å². The Labute approximate surface area is 94.6 Å². The van der Waals surface area contributed by atoms with E-state index >= 15 is 0 Å². The topological polar surface area (TPSA) is 78.9 Å². The van der Waals surface area contributed by atoms with Gasteiger partial charge in [-0.1, -0.05) is 6.92 Å². The predicted octanol–water partition coefficient (Wildman–Crippen LogP) is 0.281. The molecular weight excluding hydrogens is 212 g/mol. The molecule has 16 heavy (non-hydrogen) atoms. The van der Waals surface area contributed by atoms with E-state index in [1.165, 1.54) is 4.90 Å². The van der Waals surface area contributed by atoms with E-state index in [1.807, 2.05) is 6.92 Å². The molecule has 1 aliphatic rings. The van der Waals surface area contributed by atoms with Crippen LogP contribution in [-0.2, 0) is 9.53 Å². The van der Waals surface area contributed by atoms with Crippen molar-refractivity contribution < 1.29 is 19.4 Å². The molecule has 1 fully saturated rings. The second-order valence-electron chi connectivity index (χ2n) is 3.83. The number of ether oxygens (including phenoxy) is 1. The summed E-state index contributed by atoms with van der Waals surface area (Å²) in [5, 5.41) is 11.4. The molecule has 92 valence electrons. The number of urea groups is 1. The van der Waals surface area contributed by atoms with Crippen molar-refractivity contribution in [3.63, 3.8) is 0 Å². The fourth-order valence-electron chi connectivity index (χ4n) is 1.60. The standard InChI is InChI=1S/C10H18N2O4/c1-2-4-12(6-9(13)14)10(15)11-8-3-5-16-7-8/h8H,2-7H2,1H3,(H,11,15)(H,13,14). The number of rotatable bonds is 5. The van der Waals surface area contributed by atoms with Crippen molar-refractivity contribution in [2.24, 2.45) is 0 Å². The summed E-state index contributed by atoms with van der Waals surface area (Å²) in [5.74, 6) is -0.994. The van der Waals surface area contributed by atoms with Crippen LogP contribution in [0, 0.1) is 0 Å². The highest BCUT2D eigenvalue weighted by atomic mass is 16.5. The molecule has 1 rings (SSSR count). The van der Waals surface area contributed by atoms with Gasteiger partial charge in [0.25, 0.3) is 0 Å². The summed E-state index contributed by atoms with van der Waals surface area (Å²) in [5.41, 5.74) is 0. The molecule has 1 heterocycles. The summed E-state index contributed by atoms with van der Waals surface area (Å²) in [6, 6.07) is -0.305. The van der Waals surface area contributed by atoms with Crippen molar-refractivity contribution in [2.75, 3.05) is 26.3 Å². The molecule has 1 unspecified atom stereocenters. The van der Waals surface area contributed by atoms with E-state index < -0.39 is 5.97 Å². The third kappa shape index (κ3) is 4.06. The predicted molar refractivity (Wildman–Crippen MR) is 57.3 cm³/mol. The Morgan fingerprint density at radius 3 is 2.81 bits per heavy atom. The molecule has 1 saturated heterocycles. The lowest BCUT2D eigenvalue weighted by atomic mass is 10.3. The Hall–Kier alpha value is -1.30. The van der Waals surface area contributed by atoms with E-state index in [1.54, 1.807) is 0 Å². The fraction of sp³-hybridized carbons (Fsp3) is 0.800. The van der Waals surface area contributed by atoms with E-state index in [-0.39, 0.29) is 18.6 Å². The van der Waals surface area contributed by atoms with Crippen LogP contribution >= 0.6 is 0 Å². The van der Waals surface area contributed by atoms with Crippen LogP contribution in [0.2, 0.25) is 0 Å². The van der Waals surface area contributed by atoms with Gasteiger partial charge in [0.1, 0.15) is 6.54 Å². The number of aliphatic carboxylic acids is 1. The van der Waals surface area contributed by atoms with Crippen molar-refractivity contribution >= 4 is 12.0 Å². The molecule has 0 bridgehead atoms. The van der Waals surface area contributed by atoms with Gasteiger partial charge >= 0.3 is 12.0 Å². The largest absolute Gasteiger partial charge is 0.480 e. The lowest BCUT2D eigenvalue weighted by Gasteiger charge is -2.22. The summed E-state index contributed by atoms with van der Waals surface area (Å²) < 4.78 is 5.13. The molecule has 1 atom stereocenters. The summed E-state index contributed by atoms with van der Waals surface area (Å²) in [4.78, 5) is 23.6. The molecule has 1 aliphatic heterocycles. The van der Waals surface area contributed by atoms with Crippen LogP contribution in [0.3, 0.4) is 0 Å². The van der Waals surface area contributed by atoms with Crippen LogP contribution < -0.4 is 5.32 Å². The number of nitrogens with one attached hydrogen (secondary N) is 1. The molecular formula is C10H18N2O4. The van der Waals surface area contributed by atoms with Gasteiger partial charge in [-0.3, -0.25) is 4.79 Å². The highest BCUT2D eigenvalue weighted by molar-refractivity contribution is 5.80. The van der Waals surface area contributed by atoms with Crippen LogP contribution in [-0.4, -0.2) is 54.4 Å². The Kier molecular flexibility index (Phi) is 5.04. The summed E-state index contributed by atoms with van der Waals surface area (Å²) in [7, 11) is 0. The highest BCUT2D eigenvalue weighted by Gasteiger charge is 2.22. The zero-order chi connectivity index (χ0) is 12.0. The minimum Gasteiger partial charge on any atom is -0.480 e. The Bertz CT molecular complexity index is 251. The molecule has 6 nitrogen and oxygen atoms in total. The van der Waals surface area contributed by atoms with Crippen LogP contribution in [0.25, 0.3) is 0 Å². The van der Waals surface area contributed by atoms with Crippen LogP contribution in [0.15, 0.2) is 0 Å². The van der Waals surface area contributed by atoms with Crippen molar-refractivity contribution in [1.82, 2.24) is 10.2 Å². The van der Waals surface area contributed by atoms with Gasteiger partial charge in [-0.15, -0.1) is 0 Å². The molecule has 0 aliphatic carbocycles. The first-order valence-electron chi connectivity index (χ1n) is 5.48. The monoisotopic (exact) mass is 230 g/mol. The smallest absolute Gasteiger partial charge is 0.323 e. The lowest BCUT2D eigenvalue weighted by molar-refractivity contribution is -0.137. The first kappa shape index (κ1) is 12.8. The molecule has 6 heteroatoms. The van der Waals surface area contributed by atoms with Crippen LogP contribution in [0.4, 0.5) is 4.79 Å². The van der Waals surface area contributed by atoms with E-state index in [2.05, 4.69) is 5.32 Å². The van der Waals surface area contributed by atoms with Gasteiger partial charge in [-0.05, 0) is 12.8 Å². The zero-order valence-corrected chi connectivity index (χ0v) is 9.44. The molecule has 0 spiro atoms. The average molecular weight is 230 g/mol. The van der Waals surface area contributed by atoms with Crippen molar-refractivity contribution in [2.45, 2.75) is 25.8 Å². The number of hydrogen-bond acceptors (Lipinski definition) is 3. The number of carboxylic acids is 1. The maximum Gasteiger partial charge on any atom is 0.323 e. The van der Waals surface area contributed by atoms with Gasteiger partial charge in [-0.25, -0.2) is 4.79 Å². The SMILES string of the molecule is CCCN(CC(=O)O)C(=O)NC1CCOC1. The molecule has 2 N–H and O–H groups in total. The van der Waals surface area contributed by atoms with Crippen LogP contribution in [0.5, 0.6) is 0 Å². The van der Waals surface area contributed by atoms with E-state index in [4.69, 9.17) is 9.84 Å². The molecule has 0 radical (unpaired) electrons. The number of amides is 2. The average Bonchev–Trinajstić information content (AvgIpc) is 2.69. The first-order valence-corrected chi connectivity index (χ1v) is 5.48. The van der Waals surface area contributed by atoms with Crippen molar-refractivity contribution in [3.8, 4) is 0 Å². The number of nitrogens with zero attached hydrogens (tertiary/aromatic N) is 1. The lowest BCUT2D eigenvalue weighted by Crippen LogP contribution is -2.47. The summed E-state index contributed by atoms with van der Waals surface area (Å²) in [6.07, 6.45) is 1.53. The third-order valence-electron chi connectivity index (χ3n) is 2.36. The van der Waals surface area contributed by atoms with Gasteiger partial charge in [0.2, 0.25) is 0 Å². The Morgan fingerprint density at radius 2 is 2.31 bits per heavy atom. The third-order valence-corrected chi connectivity index (χ3v) is 2.36. The molecule has 0 aromatic rings. The van der Waals surface area contributed by atoms with Gasteiger partial charge in [-0.2, -0.15) is 0 Å². The second-order valence-corrected chi connectivity index (χ2v) is 3.83. The molecule has 0 saturated carbocycles. The van der Waals surface area contributed by atoms with E-state index in [9.17, 15) is 9.59 Å². The normalized spacial score (nSPS) is 19.4. The zero-order valence-electron chi connectivity index (χ0n) is 9.44. The number of carbonyl (C=O) groups excluding carboxylic acids is 1. The van der Waals surface area contributed by atoms with Gasteiger partial charge < -0.3 is 20.1 Å². The number of carboxylic acid groups (broad SMARTS) is 1. The molecule has 2 amide bonds. The maximum atomic E-state index is 11.7. The van der Waals surface area contributed by atoms with E-state index in [0.717, 1.165) is 12.8 Å². The Balaban J connectivity index is 2.42. The minimum absolute atomic E-state index is 0.0145.